The summed E-state index contributed by atoms with van der Waals surface area (Å²) in [5, 5.41) is 0.727. The van der Waals surface area contributed by atoms with Crippen LogP contribution in [0.25, 0.3) is 10.2 Å². The third-order valence-electron chi connectivity index (χ3n) is 1.80. The maximum absolute atomic E-state index is 5.49. The molecule has 0 aliphatic carbocycles. The molecule has 0 atom stereocenters. The third kappa shape index (κ3) is 1.75. The Hall–Kier alpha value is -1.42. The van der Waals surface area contributed by atoms with E-state index in [1.807, 2.05) is 12.1 Å². The predicted molar refractivity (Wildman–Crippen MR) is 61.3 cm³/mol. The van der Waals surface area contributed by atoms with E-state index in [0.717, 1.165) is 15.3 Å². The van der Waals surface area contributed by atoms with Gasteiger partial charge in [-0.2, -0.15) is 0 Å². The first kappa shape index (κ1) is 9.15. The van der Waals surface area contributed by atoms with Crippen LogP contribution in [-0.2, 0) is 0 Å². The zero-order valence-electron chi connectivity index (χ0n) is 8.11. The second-order valence-electron chi connectivity index (χ2n) is 3.22. The molecule has 0 aliphatic heterocycles. The van der Waals surface area contributed by atoms with Gasteiger partial charge in [0.25, 0.3) is 0 Å². The number of benzene rings is 1. The van der Waals surface area contributed by atoms with Gasteiger partial charge in [0.2, 0.25) is 5.13 Å². The number of thiazole rings is 1. The van der Waals surface area contributed by atoms with Crippen molar-refractivity contribution < 1.29 is 0 Å². The van der Waals surface area contributed by atoms with Gasteiger partial charge >= 0.3 is 0 Å². The van der Waals surface area contributed by atoms with Crippen LogP contribution in [0.1, 0.15) is 12.5 Å². The van der Waals surface area contributed by atoms with E-state index in [-0.39, 0.29) is 0 Å². The van der Waals surface area contributed by atoms with Crippen LogP contribution in [0.2, 0.25) is 0 Å². The molecule has 72 valence electrons. The zero-order chi connectivity index (χ0) is 10.1. The highest BCUT2D eigenvalue weighted by Crippen LogP contribution is 2.28. The number of rotatable bonds is 1. The summed E-state index contributed by atoms with van der Waals surface area (Å²) < 4.78 is 1.16. The number of hydrogen-bond donors (Lipinski definition) is 1. The smallest absolute Gasteiger partial charge is 0.211 e. The van der Waals surface area contributed by atoms with Gasteiger partial charge in [0.15, 0.2) is 0 Å². The summed E-state index contributed by atoms with van der Waals surface area (Å²) in [6.07, 6.45) is 0. The van der Waals surface area contributed by atoms with E-state index < -0.39 is 0 Å². The van der Waals surface area contributed by atoms with Crippen molar-refractivity contribution in [3.05, 3.63) is 23.8 Å². The second-order valence-corrected chi connectivity index (χ2v) is 4.23. The molecule has 0 radical (unpaired) electrons. The van der Waals surface area contributed by atoms with E-state index in [2.05, 4.69) is 23.0 Å². The van der Waals surface area contributed by atoms with E-state index in [9.17, 15) is 0 Å². The number of nitrogens with two attached hydrogens (primary N) is 1. The van der Waals surface area contributed by atoms with E-state index in [1.54, 1.807) is 18.3 Å². The van der Waals surface area contributed by atoms with Crippen LogP contribution in [0, 0.1) is 6.92 Å². The first-order chi connectivity index (χ1) is 6.65. The fraction of sp³-hybridized carbons (Fsp3) is 0.200. The fourth-order valence-corrected chi connectivity index (χ4v) is 2.21. The molecule has 1 heterocycles. The topological polar surface area (TPSA) is 51.3 Å². The molecular formula is C10H11N3S. The highest BCUT2D eigenvalue weighted by Gasteiger charge is 2.01. The molecule has 0 amide bonds. The summed E-state index contributed by atoms with van der Waals surface area (Å²) in [6, 6.07) is 6.16. The van der Waals surface area contributed by atoms with Crippen molar-refractivity contribution in [2.45, 2.75) is 13.8 Å². The number of aryl methyl sites for hydroxylation is 1. The molecule has 14 heavy (non-hydrogen) atoms. The van der Waals surface area contributed by atoms with Gasteiger partial charge in [-0.1, -0.05) is 17.4 Å². The van der Waals surface area contributed by atoms with Crippen LogP contribution < -0.4 is 5.73 Å². The minimum Gasteiger partial charge on any atom is -0.387 e. The first-order valence-corrected chi connectivity index (χ1v) is 5.15. The maximum atomic E-state index is 5.49. The van der Waals surface area contributed by atoms with E-state index in [0.29, 0.717) is 5.84 Å². The largest absolute Gasteiger partial charge is 0.387 e. The number of fused-ring (bicyclic) bond motifs is 1. The Labute approximate surface area is 86.3 Å². The highest BCUT2D eigenvalue weighted by molar-refractivity contribution is 7.22. The lowest BCUT2D eigenvalue weighted by molar-refractivity contribution is 1.37. The molecule has 1 aromatic carbocycles. The molecule has 3 nitrogen and oxygen atoms in total. The van der Waals surface area contributed by atoms with Gasteiger partial charge in [-0.3, -0.25) is 0 Å². The molecule has 0 saturated heterocycles. The average molecular weight is 205 g/mol. The lowest BCUT2D eigenvalue weighted by atomic mass is 10.2. The third-order valence-corrected chi connectivity index (χ3v) is 2.72. The van der Waals surface area contributed by atoms with Crippen LogP contribution in [0.5, 0.6) is 0 Å². The monoisotopic (exact) mass is 205 g/mol. The van der Waals surface area contributed by atoms with E-state index in [4.69, 9.17) is 5.73 Å². The maximum Gasteiger partial charge on any atom is 0.211 e. The quantitative estimate of drug-likeness (QED) is 0.574. The SMILES string of the molecule is C/C(N)=N/c1nc2ccc(C)cc2s1. The molecule has 2 N–H and O–H groups in total. The lowest BCUT2D eigenvalue weighted by Crippen LogP contribution is -2.03. The van der Waals surface area contributed by atoms with Crippen molar-refractivity contribution in [2.75, 3.05) is 0 Å². The normalized spacial score (nSPS) is 12.3. The lowest BCUT2D eigenvalue weighted by Gasteiger charge is -1.88. The predicted octanol–water partition coefficient (Wildman–Crippen LogP) is 2.61. The van der Waals surface area contributed by atoms with Crippen molar-refractivity contribution in [2.24, 2.45) is 10.7 Å². The Morgan fingerprint density at radius 2 is 2.29 bits per heavy atom. The first-order valence-electron chi connectivity index (χ1n) is 4.33. The van der Waals surface area contributed by atoms with Gasteiger partial charge in [0.1, 0.15) is 0 Å². The fourth-order valence-electron chi connectivity index (χ4n) is 1.22. The highest BCUT2D eigenvalue weighted by atomic mass is 32.1. The molecule has 4 heteroatoms. The number of aromatic nitrogens is 1. The number of aliphatic imine (C=N–C) groups is 1. The summed E-state index contributed by atoms with van der Waals surface area (Å²) in [5.41, 5.74) is 7.72. The zero-order valence-corrected chi connectivity index (χ0v) is 8.93. The molecule has 0 aliphatic rings. The van der Waals surface area contributed by atoms with Crippen molar-refractivity contribution >= 4 is 32.5 Å². The molecular weight excluding hydrogens is 194 g/mol. The summed E-state index contributed by atoms with van der Waals surface area (Å²) in [4.78, 5) is 8.47. The molecule has 0 spiro atoms. The average Bonchev–Trinajstić information content (AvgIpc) is 2.44. The van der Waals surface area contributed by atoms with Crippen molar-refractivity contribution in [1.82, 2.24) is 4.98 Å². The van der Waals surface area contributed by atoms with Crippen LogP contribution in [0.15, 0.2) is 23.2 Å². The Bertz CT molecular complexity index is 495. The molecule has 0 saturated carbocycles. The van der Waals surface area contributed by atoms with Crippen LogP contribution in [0.4, 0.5) is 5.13 Å². The summed E-state index contributed by atoms with van der Waals surface area (Å²) >= 11 is 1.56. The second kappa shape index (κ2) is 3.38. The van der Waals surface area contributed by atoms with Crippen LogP contribution >= 0.6 is 11.3 Å². The number of nitrogens with zero attached hydrogens (tertiary/aromatic N) is 2. The summed E-state index contributed by atoms with van der Waals surface area (Å²) in [5.74, 6) is 0.542. The van der Waals surface area contributed by atoms with Crippen molar-refractivity contribution in [3.63, 3.8) is 0 Å². The van der Waals surface area contributed by atoms with Gasteiger partial charge in [0.05, 0.1) is 16.1 Å². The van der Waals surface area contributed by atoms with Crippen molar-refractivity contribution in [3.8, 4) is 0 Å². The molecule has 2 rings (SSSR count). The minimum atomic E-state index is 0.542. The standard InChI is InChI=1S/C10H11N3S/c1-6-3-4-8-9(5-6)14-10(13-8)12-7(2)11/h3-5H,1-2H3,(H2,11,12,13). The molecule has 1 aromatic heterocycles. The minimum absolute atomic E-state index is 0.542. The van der Waals surface area contributed by atoms with Crippen LogP contribution in [0.3, 0.4) is 0 Å². The number of hydrogen-bond acceptors (Lipinski definition) is 3. The van der Waals surface area contributed by atoms with Gasteiger partial charge < -0.3 is 5.73 Å². The van der Waals surface area contributed by atoms with Crippen LogP contribution in [-0.4, -0.2) is 10.8 Å². The molecule has 2 aromatic rings. The Balaban J connectivity index is 2.57. The van der Waals surface area contributed by atoms with E-state index >= 15 is 0 Å². The Morgan fingerprint density at radius 3 is 3.00 bits per heavy atom. The summed E-state index contributed by atoms with van der Waals surface area (Å²) in [6.45, 7) is 3.83. The van der Waals surface area contributed by atoms with Gasteiger partial charge in [0, 0.05) is 0 Å². The van der Waals surface area contributed by atoms with Crippen molar-refractivity contribution in [1.29, 1.82) is 0 Å². The number of amidine groups is 1. The molecule has 0 unspecified atom stereocenters. The molecule has 0 fully saturated rings. The van der Waals surface area contributed by atoms with Gasteiger partial charge in [-0.15, -0.1) is 0 Å². The van der Waals surface area contributed by atoms with Gasteiger partial charge in [-0.05, 0) is 31.5 Å². The molecule has 0 bridgehead atoms. The van der Waals surface area contributed by atoms with E-state index in [1.165, 1.54) is 5.56 Å². The Kier molecular flexibility index (Phi) is 2.21. The summed E-state index contributed by atoms with van der Waals surface area (Å²) in [7, 11) is 0. The van der Waals surface area contributed by atoms with Gasteiger partial charge in [-0.25, -0.2) is 9.98 Å². The Morgan fingerprint density at radius 1 is 1.50 bits per heavy atom.